The Bertz CT molecular complexity index is 1520. The number of likely N-dealkylation sites (tertiary alicyclic amines) is 1. The number of ether oxygens (including phenoxy) is 1. The third-order valence-corrected chi connectivity index (χ3v) is 7.02. The van der Waals surface area contributed by atoms with Crippen molar-refractivity contribution in [2.75, 3.05) is 18.4 Å². The van der Waals surface area contributed by atoms with E-state index in [1.165, 1.54) is 23.0 Å². The minimum absolute atomic E-state index is 0.0302. The van der Waals surface area contributed by atoms with Gasteiger partial charge in [-0.1, -0.05) is 13.8 Å². The summed E-state index contributed by atoms with van der Waals surface area (Å²) in [5.41, 5.74) is 2.60. The van der Waals surface area contributed by atoms with Crippen LogP contribution >= 0.6 is 0 Å². The van der Waals surface area contributed by atoms with Crippen LogP contribution < -0.4 is 10.1 Å². The number of anilines is 2. The zero-order chi connectivity index (χ0) is 27.7. The summed E-state index contributed by atoms with van der Waals surface area (Å²) < 4.78 is 59.7. The average Bonchev–Trinajstić information content (AvgIpc) is 3.36. The Morgan fingerprint density at radius 2 is 1.90 bits per heavy atom. The Kier molecular flexibility index (Phi) is 7.40. The number of carbonyl (C=O) groups is 1. The number of aromatic nitrogens is 3. The van der Waals surface area contributed by atoms with Crippen LogP contribution in [0.1, 0.15) is 42.6 Å². The second-order valence-electron chi connectivity index (χ2n) is 9.56. The van der Waals surface area contributed by atoms with E-state index in [1.807, 2.05) is 17.9 Å². The third-order valence-electron chi connectivity index (χ3n) is 7.02. The highest BCUT2D eigenvalue weighted by atomic mass is 19.3. The van der Waals surface area contributed by atoms with E-state index in [0.29, 0.717) is 35.1 Å². The molecule has 3 heterocycles. The molecule has 7 nitrogen and oxygen atoms in total. The van der Waals surface area contributed by atoms with Gasteiger partial charge in [0.1, 0.15) is 0 Å². The fourth-order valence-corrected chi connectivity index (χ4v) is 4.81. The Hall–Kier alpha value is -4.15. The van der Waals surface area contributed by atoms with Crippen LogP contribution in [0.2, 0.25) is 0 Å². The second-order valence-corrected chi connectivity index (χ2v) is 9.56. The van der Waals surface area contributed by atoms with E-state index < -0.39 is 24.0 Å². The molecule has 2 aromatic carbocycles. The zero-order valence-corrected chi connectivity index (χ0v) is 21.4. The normalized spacial score (nSPS) is 14.3. The molecule has 204 valence electrons. The summed E-state index contributed by atoms with van der Waals surface area (Å²) in [5, 5.41) is 3.20. The number of benzene rings is 2. The highest BCUT2D eigenvalue weighted by Gasteiger charge is 2.24. The maximum absolute atomic E-state index is 14.8. The first-order valence-corrected chi connectivity index (χ1v) is 12.7. The number of fused-ring (bicyclic) bond motifs is 1. The van der Waals surface area contributed by atoms with E-state index in [4.69, 9.17) is 0 Å². The van der Waals surface area contributed by atoms with Crippen molar-refractivity contribution in [2.45, 2.75) is 39.7 Å². The monoisotopic (exact) mass is 541 g/mol. The number of carbonyl (C=O) groups excluding carboxylic acids is 1. The van der Waals surface area contributed by atoms with Crippen molar-refractivity contribution >= 4 is 23.1 Å². The Morgan fingerprint density at radius 3 is 2.62 bits per heavy atom. The number of amides is 1. The summed E-state index contributed by atoms with van der Waals surface area (Å²) in [7, 11) is 0. The molecule has 0 radical (unpaired) electrons. The number of alkyl halides is 2. The van der Waals surface area contributed by atoms with Gasteiger partial charge in [-0.2, -0.15) is 13.2 Å². The van der Waals surface area contributed by atoms with Crippen LogP contribution in [0.3, 0.4) is 0 Å². The van der Waals surface area contributed by atoms with Crippen molar-refractivity contribution < 1.29 is 27.1 Å². The fourth-order valence-electron chi connectivity index (χ4n) is 4.81. The van der Waals surface area contributed by atoms with Crippen molar-refractivity contribution in [1.29, 1.82) is 0 Å². The fraction of sp³-hybridized carbons (Fsp3) is 0.321. The van der Waals surface area contributed by atoms with E-state index in [9.17, 15) is 22.4 Å². The van der Waals surface area contributed by atoms with Crippen molar-refractivity contribution in [3.8, 4) is 17.0 Å². The zero-order valence-electron chi connectivity index (χ0n) is 21.4. The summed E-state index contributed by atoms with van der Waals surface area (Å²) >= 11 is 0. The van der Waals surface area contributed by atoms with Gasteiger partial charge in [0.2, 0.25) is 5.82 Å². The second kappa shape index (κ2) is 10.9. The number of hydrogen-bond acceptors (Lipinski definition) is 5. The van der Waals surface area contributed by atoms with Gasteiger partial charge in [0.05, 0.1) is 11.9 Å². The average molecular weight is 542 g/mol. The molecule has 0 saturated carbocycles. The van der Waals surface area contributed by atoms with Crippen molar-refractivity contribution in [3.05, 3.63) is 71.7 Å². The van der Waals surface area contributed by atoms with Crippen molar-refractivity contribution in [2.24, 2.45) is 5.92 Å². The topological polar surface area (TPSA) is 71.8 Å². The smallest absolute Gasteiger partial charge is 0.387 e. The SMILES string of the molecule is CCc1cc(Nc2nccn3c(-c4ccc(OC(F)F)c(F)c4F)cnc23)ccc1C(=O)N1CCC(C)CC1. The van der Waals surface area contributed by atoms with Crippen LogP contribution in [0.5, 0.6) is 5.75 Å². The lowest BCUT2D eigenvalue weighted by molar-refractivity contribution is -0.0525. The van der Waals surface area contributed by atoms with E-state index in [-0.39, 0.29) is 17.2 Å². The quantitative estimate of drug-likeness (QED) is 0.272. The van der Waals surface area contributed by atoms with E-state index in [2.05, 4.69) is 26.9 Å². The molecule has 0 spiro atoms. The molecule has 1 amide bonds. The predicted molar refractivity (Wildman–Crippen MR) is 138 cm³/mol. The van der Waals surface area contributed by atoms with Crippen LogP contribution in [-0.4, -0.2) is 44.9 Å². The van der Waals surface area contributed by atoms with E-state index in [1.54, 1.807) is 12.1 Å². The summed E-state index contributed by atoms with van der Waals surface area (Å²) in [6.45, 7) is 2.41. The predicted octanol–water partition coefficient (Wildman–Crippen LogP) is 6.45. The minimum Gasteiger partial charge on any atom is -0.432 e. The number of rotatable bonds is 7. The Balaban J connectivity index is 1.43. The molecule has 4 aromatic rings. The number of aryl methyl sites for hydroxylation is 1. The van der Waals surface area contributed by atoms with Crippen LogP contribution in [0.4, 0.5) is 29.1 Å². The molecule has 1 aliphatic heterocycles. The largest absolute Gasteiger partial charge is 0.432 e. The van der Waals surface area contributed by atoms with Gasteiger partial charge in [-0.25, -0.2) is 14.4 Å². The molecular weight excluding hydrogens is 514 g/mol. The lowest BCUT2D eigenvalue weighted by Gasteiger charge is -2.31. The number of piperidine rings is 1. The molecule has 1 saturated heterocycles. The molecule has 39 heavy (non-hydrogen) atoms. The highest BCUT2D eigenvalue weighted by Crippen LogP contribution is 2.32. The van der Waals surface area contributed by atoms with Crippen LogP contribution in [0.25, 0.3) is 16.9 Å². The van der Waals surface area contributed by atoms with E-state index >= 15 is 0 Å². The number of hydrogen-bond donors (Lipinski definition) is 1. The molecule has 5 rings (SSSR count). The summed E-state index contributed by atoms with van der Waals surface area (Å²) in [6, 6.07) is 7.59. The van der Waals surface area contributed by atoms with E-state index in [0.717, 1.165) is 43.6 Å². The lowest BCUT2D eigenvalue weighted by Crippen LogP contribution is -2.38. The molecule has 1 fully saturated rings. The Morgan fingerprint density at radius 1 is 1.13 bits per heavy atom. The molecule has 0 bridgehead atoms. The van der Waals surface area contributed by atoms with Gasteiger partial charge in [0.25, 0.3) is 5.91 Å². The lowest BCUT2D eigenvalue weighted by atomic mass is 9.97. The van der Waals surface area contributed by atoms with Gasteiger partial charge in [0.15, 0.2) is 23.0 Å². The standard InChI is InChI=1S/C28H27F4N5O2/c1-3-17-14-18(4-5-19(17)27(38)36-11-8-16(2)9-12-36)35-25-26-34-15-21(37(26)13-10-33-25)20-6-7-22(39-28(31)32)24(30)23(20)29/h4-7,10,13-16,28H,3,8-9,11-12H2,1-2H3,(H,33,35). The summed E-state index contributed by atoms with van der Waals surface area (Å²) in [4.78, 5) is 23.8. The maximum atomic E-state index is 14.8. The first-order valence-electron chi connectivity index (χ1n) is 12.7. The molecule has 0 aliphatic carbocycles. The van der Waals surface area contributed by atoms with Crippen LogP contribution in [0, 0.1) is 17.6 Å². The molecule has 0 atom stereocenters. The third kappa shape index (κ3) is 5.25. The number of nitrogens with zero attached hydrogens (tertiary/aromatic N) is 4. The van der Waals surface area contributed by atoms with Gasteiger partial charge < -0.3 is 15.0 Å². The van der Waals surface area contributed by atoms with Gasteiger partial charge in [-0.15, -0.1) is 0 Å². The number of nitrogens with one attached hydrogen (secondary N) is 1. The Labute approximate surface area is 222 Å². The molecule has 2 aromatic heterocycles. The summed E-state index contributed by atoms with van der Waals surface area (Å²) in [5.74, 6) is -2.73. The van der Waals surface area contributed by atoms with Crippen molar-refractivity contribution in [1.82, 2.24) is 19.3 Å². The highest BCUT2D eigenvalue weighted by molar-refractivity contribution is 5.96. The molecule has 1 N–H and O–H groups in total. The number of imidazole rings is 1. The van der Waals surface area contributed by atoms with Crippen LogP contribution in [-0.2, 0) is 6.42 Å². The van der Waals surface area contributed by atoms with Gasteiger partial charge >= 0.3 is 6.61 Å². The summed E-state index contributed by atoms with van der Waals surface area (Å²) in [6.07, 6.45) is 6.99. The molecular formula is C28H27F4N5O2. The maximum Gasteiger partial charge on any atom is 0.387 e. The first kappa shape index (κ1) is 26.5. The van der Waals surface area contributed by atoms with Crippen LogP contribution in [0.15, 0.2) is 48.9 Å². The van der Waals surface area contributed by atoms with Gasteiger partial charge in [0, 0.05) is 42.3 Å². The first-order chi connectivity index (χ1) is 18.8. The number of halogens is 4. The molecule has 11 heteroatoms. The van der Waals surface area contributed by atoms with Gasteiger partial charge in [-0.05, 0) is 61.1 Å². The van der Waals surface area contributed by atoms with Crippen molar-refractivity contribution in [3.63, 3.8) is 0 Å². The minimum atomic E-state index is -3.28. The van der Waals surface area contributed by atoms with Gasteiger partial charge in [-0.3, -0.25) is 9.20 Å². The molecule has 1 aliphatic rings. The molecule has 0 unspecified atom stereocenters.